The number of allylic oxidation sites excluding steroid dienone is 1. The zero-order valence-electron chi connectivity index (χ0n) is 12.5. The normalized spacial score (nSPS) is 17.0. The molecule has 2 heterocycles. The molecule has 21 heavy (non-hydrogen) atoms. The average Bonchev–Trinajstić information content (AvgIpc) is 3.06. The van der Waals surface area contributed by atoms with Crippen LogP contribution in [0.1, 0.15) is 31.6 Å². The lowest BCUT2D eigenvalue weighted by atomic mass is 10.1. The number of hydrogen-bond donors (Lipinski definition) is 0. The van der Waals surface area contributed by atoms with Gasteiger partial charge in [-0.1, -0.05) is 19.4 Å². The van der Waals surface area contributed by atoms with Gasteiger partial charge in [-0.25, -0.2) is 4.79 Å². The summed E-state index contributed by atoms with van der Waals surface area (Å²) < 4.78 is 4.84. The third kappa shape index (κ3) is 3.08. The SMILES string of the molecule is CCCCN1C(=O)/C(=C\c2cccs2)C(C(=O)OC)=C1C. The van der Waals surface area contributed by atoms with E-state index in [0.717, 1.165) is 17.7 Å². The molecule has 0 fully saturated rings. The maximum Gasteiger partial charge on any atom is 0.340 e. The third-order valence-corrected chi connectivity index (χ3v) is 4.29. The third-order valence-electron chi connectivity index (χ3n) is 3.47. The molecule has 1 aliphatic heterocycles. The minimum Gasteiger partial charge on any atom is -0.465 e. The van der Waals surface area contributed by atoms with Crippen LogP contribution in [0.3, 0.4) is 0 Å². The van der Waals surface area contributed by atoms with Crippen molar-refractivity contribution < 1.29 is 14.3 Å². The Morgan fingerprint density at radius 2 is 2.24 bits per heavy atom. The predicted octanol–water partition coefficient (Wildman–Crippen LogP) is 3.22. The zero-order valence-corrected chi connectivity index (χ0v) is 13.3. The summed E-state index contributed by atoms with van der Waals surface area (Å²) in [6.07, 6.45) is 3.67. The molecule has 0 saturated heterocycles. The lowest BCUT2D eigenvalue weighted by Crippen LogP contribution is -2.26. The fourth-order valence-corrected chi connectivity index (χ4v) is 2.99. The number of esters is 1. The number of carbonyl (C=O) groups excluding carboxylic acids is 2. The van der Waals surface area contributed by atoms with Gasteiger partial charge in [0.15, 0.2) is 0 Å². The highest BCUT2D eigenvalue weighted by Gasteiger charge is 2.36. The van der Waals surface area contributed by atoms with Gasteiger partial charge in [0.25, 0.3) is 5.91 Å². The number of thiophene rings is 1. The van der Waals surface area contributed by atoms with Gasteiger partial charge in [0.2, 0.25) is 0 Å². The Morgan fingerprint density at radius 3 is 2.81 bits per heavy atom. The van der Waals surface area contributed by atoms with Gasteiger partial charge in [0.05, 0.1) is 18.3 Å². The van der Waals surface area contributed by atoms with Crippen molar-refractivity contribution in [2.45, 2.75) is 26.7 Å². The van der Waals surface area contributed by atoms with E-state index < -0.39 is 5.97 Å². The molecule has 1 aliphatic rings. The summed E-state index contributed by atoms with van der Waals surface area (Å²) in [7, 11) is 1.34. The molecule has 2 rings (SSSR count). The quantitative estimate of drug-likeness (QED) is 0.620. The maximum absolute atomic E-state index is 12.6. The smallest absolute Gasteiger partial charge is 0.340 e. The van der Waals surface area contributed by atoms with Crippen molar-refractivity contribution >= 4 is 29.3 Å². The molecule has 0 N–H and O–H groups in total. The van der Waals surface area contributed by atoms with Gasteiger partial charge in [0, 0.05) is 17.1 Å². The van der Waals surface area contributed by atoms with Crippen molar-refractivity contribution in [3.05, 3.63) is 39.2 Å². The number of unbranched alkanes of at least 4 members (excludes halogenated alkanes) is 1. The fourth-order valence-electron chi connectivity index (χ4n) is 2.33. The molecule has 0 saturated carbocycles. The van der Waals surface area contributed by atoms with E-state index in [2.05, 4.69) is 6.92 Å². The van der Waals surface area contributed by atoms with Crippen molar-refractivity contribution in [2.24, 2.45) is 0 Å². The Labute approximate surface area is 128 Å². The van der Waals surface area contributed by atoms with Gasteiger partial charge in [-0.3, -0.25) is 4.79 Å². The zero-order chi connectivity index (χ0) is 15.4. The minimum atomic E-state index is -0.456. The monoisotopic (exact) mass is 305 g/mol. The highest BCUT2D eigenvalue weighted by Crippen LogP contribution is 2.32. The Bertz CT molecular complexity index is 599. The topological polar surface area (TPSA) is 46.6 Å². The summed E-state index contributed by atoms with van der Waals surface area (Å²) in [5, 5.41) is 1.94. The Morgan fingerprint density at radius 1 is 1.48 bits per heavy atom. The van der Waals surface area contributed by atoms with Gasteiger partial charge in [-0.05, 0) is 30.9 Å². The van der Waals surface area contributed by atoms with Crippen molar-refractivity contribution in [2.75, 3.05) is 13.7 Å². The number of nitrogens with zero attached hydrogens (tertiary/aromatic N) is 1. The second-order valence-corrected chi connectivity index (χ2v) is 5.82. The van der Waals surface area contributed by atoms with E-state index in [0.29, 0.717) is 23.4 Å². The lowest BCUT2D eigenvalue weighted by Gasteiger charge is -2.16. The molecule has 1 aromatic rings. The van der Waals surface area contributed by atoms with Gasteiger partial charge < -0.3 is 9.64 Å². The summed E-state index contributed by atoms with van der Waals surface area (Å²) in [5.74, 6) is -0.572. The Hall–Kier alpha value is -1.88. The maximum atomic E-state index is 12.6. The van der Waals surface area contributed by atoms with Crippen molar-refractivity contribution in [1.29, 1.82) is 0 Å². The second kappa shape index (κ2) is 6.72. The molecule has 4 nitrogen and oxygen atoms in total. The number of methoxy groups -OCH3 is 1. The van der Waals surface area contributed by atoms with Crippen LogP contribution in [0.2, 0.25) is 0 Å². The summed E-state index contributed by atoms with van der Waals surface area (Å²) >= 11 is 1.53. The first-order valence-electron chi connectivity index (χ1n) is 6.96. The van der Waals surface area contributed by atoms with E-state index in [1.807, 2.05) is 17.5 Å². The van der Waals surface area contributed by atoms with E-state index in [1.54, 1.807) is 17.9 Å². The van der Waals surface area contributed by atoms with Crippen LogP contribution >= 0.6 is 11.3 Å². The molecule has 112 valence electrons. The average molecular weight is 305 g/mol. The van der Waals surface area contributed by atoms with Gasteiger partial charge >= 0.3 is 5.97 Å². The first kappa shape index (κ1) is 15.5. The molecule has 0 aliphatic carbocycles. The van der Waals surface area contributed by atoms with E-state index in [4.69, 9.17) is 4.74 Å². The van der Waals surface area contributed by atoms with Crippen LogP contribution in [0.25, 0.3) is 6.08 Å². The molecule has 0 radical (unpaired) electrons. The van der Waals surface area contributed by atoms with Gasteiger partial charge in [-0.2, -0.15) is 0 Å². The molecule has 5 heteroatoms. The predicted molar refractivity (Wildman–Crippen MR) is 83.6 cm³/mol. The fraction of sp³-hybridized carbons (Fsp3) is 0.375. The van der Waals surface area contributed by atoms with E-state index >= 15 is 0 Å². The summed E-state index contributed by atoms with van der Waals surface area (Å²) in [4.78, 5) is 27.2. The largest absolute Gasteiger partial charge is 0.465 e. The van der Waals surface area contributed by atoms with Crippen molar-refractivity contribution in [1.82, 2.24) is 4.90 Å². The van der Waals surface area contributed by atoms with Crippen LogP contribution in [-0.2, 0) is 14.3 Å². The molecule has 1 amide bonds. The van der Waals surface area contributed by atoms with Gasteiger partial charge in [-0.15, -0.1) is 11.3 Å². The van der Waals surface area contributed by atoms with Crippen molar-refractivity contribution in [3.8, 4) is 0 Å². The standard InChI is InChI=1S/C16H19NO3S/c1-4-5-8-17-11(2)14(16(19)20-3)13(15(17)18)10-12-7-6-9-21-12/h6-7,9-10H,4-5,8H2,1-3H3/b13-10-. The van der Waals surface area contributed by atoms with E-state index in [9.17, 15) is 9.59 Å². The van der Waals surface area contributed by atoms with E-state index in [1.165, 1.54) is 18.4 Å². The number of hydrogen-bond acceptors (Lipinski definition) is 4. The molecule has 0 unspecified atom stereocenters. The number of amides is 1. The summed E-state index contributed by atoms with van der Waals surface area (Å²) in [5.41, 5.74) is 1.49. The molecular formula is C16H19NO3S. The molecule has 0 bridgehead atoms. The Balaban J connectivity index is 2.43. The summed E-state index contributed by atoms with van der Waals surface area (Å²) in [6.45, 7) is 4.50. The van der Waals surface area contributed by atoms with Crippen LogP contribution in [0.5, 0.6) is 0 Å². The Kier molecular flexibility index (Phi) is 4.96. The summed E-state index contributed by atoms with van der Waals surface area (Å²) in [6, 6.07) is 3.84. The highest BCUT2D eigenvalue weighted by molar-refractivity contribution is 7.10. The molecule has 0 spiro atoms. The van der Waals surface area contributed by atoms with Crippen LogP contribution in [-0.4, -0.2) is 30.4 Å². The van der Waals surface area contributed by atoms with Crippen LogP contribution in [0, 0.1) is 0 Å². The number of carbonyl (C=O) groups is 2. The highest BCUT2D eigenvalue weighted by atomic mass is 32.1. The van der Waals surface area contributed by atoms with Crippen LogP contribution in [0.15, 0.2) is 34.4 Å². The first-order chi connectivity index (χ1) is 10.1. The van der Waals surface area contributed by atoms with Gasteiger partial charge in [0.1, 0.15) is 0 Å². The molecular weight excluding hydrogens is 286 g/mol. The second-order valence-electron chi connectivity index (χ2n) is 4.84. The minimum absolute atomic E-state index is 0.116. The number of rotatable bonds is 5. The molecule has 0 aromatic carbocycles. The lowest BCUT2D eigenvalue weighted by molar-refractivity contribution is -0.136. The molecule has 1 aromatic heterocycles. The van der Waals surface area contributed by atoms with E-state index in [-0.39, 0.29) is 5.91 Å². The molecule has 0 atom stereocenters. The number of ether oxygens (including phenoxy) is 1. The first-order valence-corrected chi connectivity index (χ1v) is 7.84. The van der Waals surface area contributed by atoms with Crippen LogP contribution < -0.4 is 0 Å². The van der Waals surface area contributed by atoms with Crippen molar-refractivity contribution in [3.63, 3.8) is 0 Å². The van der Waals surface area contributed by atoms with Crippen LogP contribution in [0.4, 0.5) is 0 Å².